The molecule has 0 radical (unpaired) electrons. The predicted molar refractivity (Wildman–Crippen MR) is 80.1 cm³/mol. The molecule has 5 heteroatoms. The second-order valence-electron chi connectivity index (χ2n) is 3.76. The van der Waals surface area contributed by atoms with Gasteiger partial charge in [0.25, 0.3) is 0 Å². The van der Waals surface area contributed by atoms with E-state index < -0.39 is 0 Å². The summed E-state index contributed by atoms with van der Waals surface area (Å²) in [6, 6.07) is 4.05. The third-order valence-corrected chi connectivity index (χ3v) is 4.19. The number of rotatable bonds is 8. The fourth-order valence-corrected chi connectivity index (χ4v) is 2.84. The van der Waals surface area contributed by atoms with Crippen LogP contribution in [0.3, 0.4) is 0 Å². The molecule has 0 spiro atoms. The van der Waals surface area contributed by atoms with E-state index in [0.717, 1.165) is 22.8 Å². The number of carbonyl (C=O) groups is 1. The molecule has 0 atom stereocenters. The molecule has 0 unspecified atom stereocenters. The van der Waals surface area contributed by atoms with Gasteiger partial charge in [0.2, 0.25) is 5.91 Å². The van der Waals surface area contributed by atoms with Crippen LogP contribution in [0.4, 0.5) is 0 Å². The molecule has 1 amide bonds. The Morgan fingerprint density at radius 3 is 3.00 bits per heavy atom. The average Bonchev–Trinajstić information content (AvgIpc) is 2.77. The van der Waals surface area contributed by atoms with E-state index in [-0.39, 0.29) is 12.5 Å². The number of aryl methyl sites for hydroxylation is 1. The fourth-order valence-electron chi connectivity index (χ4n) is 1.27. The number of thiophene rings is 1. The van der Waals surface area contributed by atoms with Crippen molar-refractivity contribution in [1.29, 1.82) is 0 Å². The van der Waals surface area contributed by atoms with Gasteiger partial charge in [-0.3, -0.25) is 4.79 Å². The second-order valence-corrected chi connectivity index (χ2v) is 6.31. The second kappa shape index (κ2) is 9.19. The Labute approximate surface area is 116 Å². The molecule has 100 valence electrons. The lowest BCUT2D eigenvalue weighted by atomic mass is 10.4. The van der Waals surface area contributed by atoms with Gasteiger partial charge in [-0.25, -0.2) is 0 Å². The molecule has 1 aromatic heterocycles. The number of amides is 1. The normalized spacial score (nSPS) is 11.0. The van der Waals surface area contributed by atoms with Crippen LogP contribution in [0.15, 0.2) is 18.2 Å². The quantitative estimate of drug-likeness (QED) is 0.569. The summed E-state index contributed by atoms with van der Waals surface area (Å²) in [5.41, 5.74) is 0. The van der Waals surface area contributed by atoms with Gasteiger partial charge in [-0.2, -0.15) is 11.8 Å². The van der Waals surface area contributed by atoms with Gasteiger partial charge in [0, 0.05) is 34.7 Å². The third-order valence-electron chi connectivity index (χ3n) is 2.15. The van der Waals surface area contributed by atoms with Crippen molar-refractivity contribution in [2.75, 3.05) is 24.7 Å². The van der Waals surface area contributed by atoms with Crippen LogP contribution in [0.25, 0.3) is 6.08 Å². The zero-order valence-corrected chi connectivity index (χ0v) is 12.1. The Morgan fingerprint density at radius 2 is 2.33 bits per heavy atom. The topological polar surface area (TPSA) is 49.3 Å². The van der Waals surface area contributed by atoms with E-state index >= 15 is 0 Å². The molecule has 18 heavy (non-hydrogen) atoms. The minimum Gasteiger partial charge on any atom is -0.396 e. The molecule has 3 nitrogen and oxygen atoms in total. The van der Waals surface area contributed by atoms with Crippen molar-refractivity contribution < 1.29 is 9.90 Å². The van der Waals surface area contributed by atoms with Gasteiger partial charge in [0.05, 0.1) is 0 Å². The molecule has 0 aromatic carbocycles. The summed E-state index contributed by atoms with van der Waals surface area (Å²) >= 11 is 3.41. The Kier molecular flexibility index (Phi) is 7.80. The van der Waals surface area contributed by atoms with Crippen LogP contribution in [0.1, 0.15) is 16.2 Å². The van der Waals surface area contributed by atoms with E-state index in [0.29, 0.717) is 6.54 Å². The molecule has 0 aliphatic carbocycles. The van der Waals surface area contributed by atoms with Crippen LogP contribution < -0.4 is 5.32 Å². The highest BCUT2D eigenvalue weighted by atomic mass is 32.2. The highest BCUT2D eigenvalue weighted by molar-refractivity contribution is 7.99. The summed E-state index contributed by atoms with van der Waals surface area (Å²) in [4.78, 5) is 13.8. The molecule has 0 aliphatic heterocycles. The first-order valence-corrected chi connectivity index (χ1v) is 7.90. The number of aliphatic hydroxyl groups excluding tert-OH is 1. The monoisotopic (exact) mass is 285 g/mol. The first kappa shape index (κ1) is 15.3. The molecule has 0 saturated heterocycles. The number of hydrogen-bond acceptors (Lipinski definition) is 4. The largest absolute Gasteiger partial charge is 0.396 e. The number of hydrogen-bond donors (Lipinski definition) is 2. The van der Waals surface area contributed by atoms with Crippen molar-refractivity contribution in [2.24, 2.45) is 0 Å². The van der Waals surface area contributed by atoms with Crippen molar-refractivity contribution in [2.45, 2.75) is 13.3 Å². The van der Waals surface area contributed by atoms with E-state index in [1.54, 1.807) is 29.2 Å². The number of nitrogens with one attached hydrogen (secondary N) is 1. The lowest BCUT2D eigenvalue weighted by Gasteiger charge is -2.01. The first-order chi connectivity index (χ1) is 8.72. The lowest BCUT2D eigenvalue weighted by Crippen LogP contribution is -2.23. The van der Waals surface area contributed by atoms with Crippen molar-refractivity contribution in [3.63, 3.8) is 0 Å². The molecule has 1 rings (SSSR count). The van der Waals surface area contributed by atoms with E-state index in [2.05, 4.69) is 5.32 Å². The van der Waals surface area contributed by atoms with Gasteiger partial charge < -0.3 is 10.4 Å². The standard InChI is InChI=1S/C13H19NO2S2/c1-11-3-4-12(18-11)5-6-13(16)14-7-10-17-9-2-8-15/h3-6,15H,2,7-10H2,1H3,(H,14,16)/b6-5+. The smallest absolute Gasteiger partial charge is 0.244 e. The summed E-state index contributed by atoms with van der Waals surface area (Å²) < 4.78 is 0. The Morgan fingerprint density at radius 1 is 1.50 bits per heavy atom. The number of carbonyl (C=O) groups excluding carboxylic acids is 1. The molecular formula is C13H19NO2S2. The lowest BCUT2D eigenvalue weighted by molar-refractivity contribution is -0.116. The summed E-state index contributed by atoms with van der Waals surface area (Å²) in [5, 5.41) is 11.4. The highest BCUT2D eigenvalue weighted by Crippen LogP contribution is 2.16. The van der Waals surface area contributed by atoms with E-state index in [9.17, 15) is 4.79 Å². The third kappa shape index (κ3) is 6.83. The Balaban J connectivity index is 2.12. The van der Waals surface area contributed by atoms with Crippen LogP contribution in [-0.2, 0) is 4.79 Å². The van der Waals surface area contributed by atoms with Crippen LogP contribution >= 0.6 is 23.1 Å². The van der Waals surface area contributed by atoms with Crippen molar-refractivity contribution in [1.82, 2.24) is 5.32 Å². The zero-order valence-electron chi connectivity index (χ0n) is 10.5. The van der Waals surface area contributed by atoms with Gasteiger partial charge in [0.1, 0.15) is 0 Å². The average molecular weight is 285 g/mol. The van der Waals surface area contributed by atoms with Gasteiger partial charge in [-0.15, -0.1) is 11.3 Å². The molecule has 0 bridgehead atoms. The Hall–Kier alpha value is -0.780. The molecule has 0 aliphatic rings. The number of aliphatic hydroxyl groups is 1. The van der Waals surface area contributed by atoms with E-state index in [1.807, 2.05) is 25.1 Å². The summed E-state index contributed by atoms with van der Waals surface area (Å²) in [6.07, 6.45) is 4.23. The van der Waals surface area contributed by atoms with Crippen LogP contribution in [-0.4, -0.2) is 35.7 Å². The molecule has 0 saturated carbocycles. The summed E-state index contributed by atoms with van der Waals surface area (Å²) in [5.74, 6) is 1.78. The maximum absolute atomic E-state index is 11.5. The highest BCUT2D eigenvalue weighted by Gasteiger charge is 1.96. The SMILES string of the molecule is Cc1ccc(/C=C/C(=O)NCCSCCCO)s1. The van der Waals surface area contributed by atoms with E-state index in [1.165, 1.54) is 4.88 Å². The molecular weight excluding hydrogens is 266 g/mol. The van der Waals surface area contributed by atoms with Gasteiger partial charge >= 0.3 is 0 Å². The first-order valence-electron chi connectivity index (χ1n) is 5.93. The van der Waals surface area contributed by atoms with Gasteiger partial charge in [-0.05, 0) is 37.3 Å². The molecule has 0 fully saturated rings. The van der Waals surface area contributed by atoms with Gasteiger partial charge in [-0.1, -0.05) is 0 Å². The minimum absolute atomic E-state index is 0.0520. The van der Waals surface area contributed by atoms with Crippen LogP contribution in [0, 0.1) is 6.92 Å². The van der Waals surface area contributed by atoms with Crippen molar-refractivity contribution in [3.8, 4) is 0 Å². The predicted octanol–water partition coefficient (Wildman–Crippen LogP) is 2.30. The fraction of sp³-hybridized carbons (Fsp3) is 0.462. The summed E-state index contributed by atoms with van der Waals surface area (Å²) in [7, 11) is 0. The maximum Gasteiger partial charge on any atom is 0.244 e. The van der Waals surface area contributed by atoms with Crippen molar-refractivity contribution in [3.05, 3.63) is 28.0 Å². The minimum atomic E-state index is -0.0520. The maximum atomic E-state index is 11.5. The van der Waals surface area contributed by atoms with Gasteiger partial charge in [0.15, 0.2) is 0 Å². The zero-order chi connectivity index (χ0) is 13.2. The van der Waals surface area contributed by atoms with Crippen LogP contribution in [0.2, 0.25) is 0 Å². The molecule has 1 heterocycles. The van der Waals surface area contributed by atoms with E-state index in [4.69, 9.17) is 5.11 Å². The Bertz CT molecular complexity index is 388. The van der Waals surface area contributed by atoms with Crippen molar-refractivity contribution >= 4 is 35.1 Å². The summed E-state index contributed by atoms with van der Waals surface area (Å²) in [6.45, 7) is 2.96. The molecule has 2 N–H and O–H groups in total. The van der Waals surface area contributed by atoms with Crippen LogP contribution in [0.5, 0.6) is 0 Å². The molecule has 1 aromatic rings. The number of thioether (sulfide) groups is 1.